The van der Waals surface area contributed by atoms with Gasteiger partial charge >= 0.3 is 0 Å². The van der Waals surface area contributed by atoms with Crippen molar-refractivity contribution in [3.05, 3.63) is 70.5 Å². The second-order valence-electron chi connectivity index (χ2n) is 6.49. The summed E-state index contributed by atoms with van der Waals surface area (Å²) in [4.78, 5) is 15.9. The molecule has 0 aliphatic rings. The third-order valence-electron chi connectivity index (χ3n) is 4.18. The Hall–Kier alpha value is -2.44. The van der Waals surface area contributed by atoms with Crippen LogP contribution >= 0.6 is 11.3 Å². The van der Waals surface area contributed by atoms with Crippen LogP contribution in [0.1, 0.15) is 24.3 Å². The summed E-state index contributed by atoms with van der Waals surface area (Å²) in [5.41, 5.74) is 1.21. The molecule has 3 aromatic rings. The van der Waals surface area contributed by atoms with Crippen LogP contribution in [-0.2, 0) is 17.9 Å². The number of anilines is 1. The molecular weight excluding hydrogens is 344 g/mol. The quantitative estimate of drug-likeness (QED) is 0.657. The lowest BCUT2D eigenvalue weighted by Crippen LogP contribution is -2.37. The van der Waals surface area contributed by atoms with Crippen molar-refractivity contribution < 1.29 is 4.79 Å². The molecule has 136 valence electrons. The number of nitrogens with one attached hydrogen (secondary N) is 1. The molecule has 0 aliphatic heterocycles. The minimum absolute atomic E-state index is 0.0254. The minimum atomic E-state index is -0.0254. The number of benzene rings is 1. The lowest BCUT2D eigenvalue weighted by Gasteiger charge is -2.26. The Labute approximate surface area is 158 Å². The number of aromatic nitrogens is 2. The van der Waals surface area contributed by atoms with Gasteiger partial charge in [0.25, 0.3) is 0 Å². The van der Waals surface area contributed by atoms with E-state index in [1.165, 1.54) is 10.4 Å². The molecule has 5 nitrogen and oxygen atoms in total. The predicted octanol–water partition coefficient (Wildman–Crippen LogP) is 3.84. The van der Waals surface area contributed by atoms with Gasteiger partial charge in [0.15, 0.2) is 0 Å². The number of hydrogen-bond donors (Lipinski definition) is 1. The van der Waals surface area contributed by atoms with Crippen LogP contribution in [0.4, 0.5) is 5.82 Å². The molecule has 1 aromatic carbocycles. The van der Waals surface area contributed by atoms with E-state index >= 15 is 0 Å². The first-order valence-electron chi connectivity index (χ1n) is 8.74. The molecule has 0 radical (unpaired) electrons. The summed E-state index contributed by atoms with van der Waals surface area (Å²) in [6.07, 6.45) is 1.72. The molecule has 0 spiro atoms. The number of rotatable bonds is 8. The second-order valence-corrected chi connectivity index (χ2v) is 7.52. The Morgan fingerprint density at radius 3 is 2.69 bits per heavy atom. The number of amides is 1. The van der Waals surface area contributed by atoms with Crippen molar-refractivity contribution in [2.75, 3.05) is 11.9 Å². The zero-order chi connectivity index (χ0) is 18.4. The van der Waals surface area contributed by atoms with Crippen molar-refractivity contribution in [3.8, 4) is 0 Å². The zero-order valence-corrected chi connectivity index (χ0v) is 15.9. The first kappa shape index (κ1) is 18.4. The van der Waals surface area contributed by atoms with E-state index in [2.05, 4.69) is 47.4 Å². The van der Waals surface area contributed by atoms with Gasteiger partial charge in [0.1, 0.15) is 5.82 Å². The van der Waals surface area contributed by atoms with Gasteiger partial charge in [-0.1, -0.05) is 36.4 Å². The van der Waals surface area contributed by atoms with Gasteiger partial charge in [-0.2, -0.15) is 5.10 Å². The van der Waals surface area contributed by atoms with Gasteiger partial charge in [0.2, 0.25) is 5.91 Å². The van der Waals surface area contributed by atoms with Crippen molar-refractivity contribution in [3.63, 3.8) is 0 Å². The molecule has 1 N–H and O–H groups in total. The Morgan fingerprint density at radius 2 is 2.00 bits per heavy atom. The molecule has 6 heteroatoms. The van der Waals surface area contributed by atoms with Crippen LogP contribution in [0.2, 0.25) is 0 Å². The van der Waals surface area contributed by atoms with E-state index in [1.54, 1.807) is 17.5 Å². The first-order valence-corrected chi connectivity index (χ1v) is 9.62. The standard InChI is InChI=1S/C20H24N4OS/c1-16(2)23(13-17-7-4-3-5-8-17)15-20(25)22-19-10-11-21-24(19)14-18-9-6-12-26-18/h3-12,16H,13-15H2,1-2H3,(H,22,25). The zero-order valence-electron chi connectivity index (χ0n) is 15.1. The van der Waals surface area contributed by atoms with Crippen LogP contribution in [0.5, 0.6) is 0 Å². The Balaban J connectivity index is 1.61. The summed E-state index contributed by atoms with van der Waals surface area (Å²) < 4.78 is 1.82. The number of nitrogens with zero attached hydrogens (tertiary/aromatic N) is 3. The van der Waals surface area contributed by atoms with Crippen molar-refractivity contribution in [1.82, 2.24) is 14.7 Å². The fraction of sp³-hybridized carbons (Fsp3) is 0.300. The molecule has 3 rings (SSSR count). The maximum absolute atomic E-state index is 12.6. The first-order chi connectivity index (χ1) is 12.6. The molecular formula is C20H24N4OS. The molecule has 0 saturated heterocycles. The highest BCUT2D eigenvalue weighted by Gasteiger charge is 2.16. The topological polar surface area (TPSA) is 50.2 Å². The molecule has 26 heavy (non-hydrogen) atoms. The van der Waals surface area contributed by atoms with Crippen molar-refractivity contribution in [2.24, 2.45) is 0 Å². The van der Waals surface area contributed by atoms with E-state index in [9.17, 15) is 4.79 Å². The van der Waals surface area contributed by atoms with Gasteiger partial charge in [-0.15, -0.1) is 11.3 Å². The SMILES string of the molecule is CC(C)N(CC(=O)Nc1ccnn1Cc1cccs1)Cc1ccccc1. The van der Waals surface area contributed by atoms with Crippen molar-refractivity contribution in [2.45, 2.75) is 33.0 Å². The third-order valence-corrected chi connectivity index (χ3v) is 5.04. The smallest absolute Gasteiger partial charge is 0.239 e. The largest absolute Gasteiger partial charge is 0.310 e. The highest BCUT2D eigenvalue weighted by atomic mass is 32.1. The van der Waals surface area contributed by atoms with E-state index in [0.29, 0.717) is 13.1 Å². The summed E-state index contributed by atoms with van der Waals surface area (Å²) >= 11 is 1.68. The second kappa shape index (κ2) is 8.78. The number of carbonyl (C=O) groups is 1. The van der Waals surface area contributed by atoms with Crippen LogP contribution in [0.3, 0.4) is 0 Å². The molecule has 0 atom stereocenters. The van der Waals surface area contributed by atoms with E-state index < -0.39 is 0 Å². The van der Waals surface area contributed by atoms with E-state index in [0.717, 1.165) is 12.4 Å². The molecule has 0 fully saturated rings. The molecule has 2 heterocycles. The van der Waals surface area contributed by atoms with Crippen LogP contribution < -0.4 is 5.32 Å². The van der Waals surface area contributed by atoms with Crippen LogP contribution in [0, 0.1) is 0 Å². The van der Waals surface area contributed by atoms with Gasteiger partial charge in [0.05, 0.1) is 19.3 Å². The highest BCUT2D eigenvalue weighted by molar-refractivity contribution is 7.09. The van der Waals surface area contributed by atoms with Crippen molar-refractivity contribution in [1.29, 1.82) is 0 Å². The van der Waals surface area contributed by atoms with Gasteiger partial charge in [-0.05, 0) is 30.9 Å². The van der Waals surface area contributed by atoms with Crippen molar-refractivity contribution >= 4 is 23.1 Å². The lowest BCUT2D eigenvalue weighted by molar-refractivity contribution is -0.117. The van der Waals surface area contributed by atoms with Gasteiger partial charge in [-0.25, -0.2) is 4.68 Å². The fourth-order valence-electron chi connectivity index (χ4n) is 2.72. The Kier molecular flexibility index (Phi) is 6.20. The predicted molar refractivity (Wildman–Crippen MR) is 106 cm³/mol. The van der Waals surface area contributed by atoms with E-state index in [-0.39, 0.29) is 11.9 Å². The average molecular weight is 369 g/mol. The molecule has 0 unspecified atom stereocenters. The normalized spacial score (nSPS) is 11.2. The Bertz CT molecular complexity index is 811. The van der Waals surface area contributed by atoms with Crippen LogP contribution in [0.25, 0.3) is 0 Å². The molecule has 0 bridgehead atoms. The molecule has 0 aliphatic carbocycles. The summed E-state index contributed by atoms with van der Waals surface area (Å²) in [5.74, 6) is 0.703. The van der Waals surface area contributed by atoms with Gasteiger partial charge in [-0.3, -0.25) is 9.69 Å². The van der Waals surface area contributed by atoms with E-state index in [1.807, 2.05) is 40.4 Å². The summed E-state index contributed by atoms with van der Waals surface area (Å²) in [6, 6.07) is 16.4. The lowest BCUT2D eigenvalue weighted by atomic mass is 10.2. The molecule has 2 aromatic heterocycles. The monoisotopic (exact) mass is 368 g/mol. The van der Waals surface area contributed by atoms with Gasteiger partial charge < -0.3 is 5.32 Å². The maximum atomic E-state index is 12.6. The number of hydrogen-bond acceptors (Lipinski definition) is 4. The van der Waals surface area contributed by atoms with Gasteiger partial charge in [0, 0.05) is 23.5 Å². The maximum Gasteiger partial charge on any atom is 0.239 e. The third kappa shape index (κ3) is 5.03. The summed E-state index contributed by atoms with van der Waals surface area (Å²) in [5, 5.41) is 9.36. The van der Waals surface area contributed by atoms with Crippen LogP contribution in [0.15, 0.2) is 60.1 Å². The van der Waals surface area contributed by atoms with Crippen LogP contribution in [-0.4, -0.2) is 33.2 Å². The molecule has 0 saturated carbocycles. The number of carbonyl (C=O) groups excluding carboxylic acids is 1. The highest BCUT2D eigenvalue weighted by Crippen LogP contribution is 2.15. The minimum Gasteiger partial charge on any atom is -0.310 e. The fourth-order valence-corrected chi connectivity index (χ4v) is 3.41. The average Bonchev–Trinajstić information content (AvgIpc) is 3.28. The Morgan fingerprint density at radius 1 is 1.19 bits per heavy atom. The van der Waals surface area contributed by atoms with E-state index in [4.69, 9.17) is 0 Å². The molecule has 1 amide bonds. The summed E-state index contributed by atoms with van der Waals surface area (Å²) in [7, 11) is 0. The number of thiophene rings is 1. The summed E-state index contributed by atoms with van der Waals surface area (Å²) in [6.45, 7) is 5.98.